The molecule has 0 aromatic carbocycles. The molecule has 0 aliphatic carbocycles. The maximum Gasteiger partial charge on any atom is 0.265 e. The lowest BCUT2D eigenvalue weighted by atomic mass is 10.1. The van der Waals surface area contributed by atoms with Gasteiger partial charge in [-0.1, -0.05) is 20.3 Å². The van der Waals surface area contributed by atoms with Crippen molar-refractivity contribution in [1.29, 1.82) is 0 Å². The molecule has 11 N–H and O–H groups in total. The first kappa shape index (κ1) is 41.5. The first-order chi connectivity index (χ1) is 21.5. The summed E-state index contributed by atoms with van der Waals surface area (Å²) in [6.07, 6.45) is 0.975. The molecule has 1 aliphatic heterocycles. The molecule has 0 radical (unpaired) electrons. The Hall–Kier alpha value is -4.46. The second-order valence-electron chi connectivity index (χ2n) is 10.2. The second-order valence-corrected chi connectivity index (χ2v) is 10.7. The number of amides is 7. The van der Waals surface area contributed by atoms with Crippen molar-refractivity contribution < 1.29 is 43.2 Å². The van der Waals surface area contributed by atoms with Gasteiger partial charge >= 0.3 is 0 Å². The van der Waals surface area contributed by atoms with Gasteiger partial charge in [0.15, 0.2) is 17.7 Å². The van der Waals surface area contributed by atoms with Gasteiger partial charge in [-0.3, -0.25) is 48.2 Å². The number of aliphatic imine (C=N–C) groups is 1. The molecule has 1 fully saturated rings. The van der Waals surface area contributed by atoms with E-state index in [9.17, 15) is 38.4 Å². The summed E-state index contributed by atoms with van der Waals surface area (Å²) >= 11 is 3.64. The van der Waals surface area contributed by atoms with Crippen LogP contribution in [0.25, 0.3) is 0 Å². The summed E-state index contributed by atoms with van der Waals surface area (Å²) in [4.78, 5) is 108. The number of thiol groups is 1. The molecular formula is C26H46N10O9S. The largest absolute Gasteiger partial charge is 0.370 e. The average Bonchev–Trinajstić information content (AvgIpc) is 2.96. The minimum absolute atomic E-state index is 0.0309. The Morgan fingerprint density at radius 2 is 1.33 bits per heavy atom. The summed E-state index contributed by atoms with van der Waals surface area (Å²) in [7, 11) is 0. The van der Waals surface area contributed by atoms with Crippen LogP contribution in [0.3, 0.4) is 0 Å². The predicted molar refractivity (Wildman–Crippen MR) is 168 cm³/mol. The minimum atomic E-state index is -1.46. The van der Waals surface area contributed by atoms with Crippen LogP contribution in [0.5, 0.6) is 0 Å². The molecule has 0 spiro atoms. The summed E-state index contributed by atoms with van der Waals surface area (Å²) < 4.78 is 0. The van der Waals surface area contributed by atoms with Gasteiger partial charge in [0.25, 0.3) is 5.91 Å². The molecule has 20 heteroatoms. The topological polar surface area (TPSA) is 294 Å². The zero-order valence-corrected chi connectivity index (χ0v) is 27.5. The minimum Gasteiger partial charge on any atom is -0.370 e. The molecule has 260 valence electrons. The Morgan fingerprint density at radius 1 is 0.783 bits per heavy atom. The van der Waals surface area contributed by atoms with E-state index in [-0.39, 0.29) is 25.3 Å². The molecule has 1 saturated heterocycles. The number of hydroxylamine groups is 1. The molecule has 1 heterocycles. The highest BCUT2D eigenvalue weighted by molar-refractivity contribution is 7.96. The molecule has 1 rings (SSSR count). The Morgan fingerprint density at radius 3 is 1.91 bits per heavy atom. The normalized spacial score (nSPS) is 24.3. The lowest BCUT2D eigenvalue weighted by Crippen LogP contribution is -2.57. The number of hydrogen-bond acceptors (Lipinski definition) is 10. The van der Waals surface area contributed by atoms with Crippen molar-refractivity contribution in [2.75, 3.05) is 19.7 Å². The highest BCUT2D eigenvalue weighted by Crippen LogP contribution is 2.02. The Labute approximate surface area is 272 Å². The zero-order valence-electron chi connectivity index (χ0n) is 26.6. The van der Waals surface area contributed by atoms with Crippen LogP contribution in [0, 0.1) is 0 Å². The molecule has 0 aromatic heterocycles. The van der Waals surface area contributed by atoms with Crippen molar-refractivity contribution in [2.45, 2.75) is 90.5 Å². The van der Waals surface area contributed by atoms with E-state index < -0.39 is 96.2 Å². The van der Waals surface area contributed by atoms with Crippen LogP contribution in [0.2, 0.25) is 0 Å². The number of rotatable bonds is 6. The van der Waals surface area contributed by atoms with E-state index in [2.05, 4.69) is 63.4 Å². The van der Waals surface area contributed by atoms with Crippen LogP contribution in [0.4, 0.5) is 0 Å². The fourth-order valence-corrected chi connectivity index (χ4v) is 3.56. The van der Waals surface area contributed by atoms with Crippen molar-refractivity contribution in [1.82, 2.24) is 37.4 Å². The molecular weight excluding hydrogens is 628 g/mol. The fraction of sp³-hybridized carbons (Fsp3) is 0.654. The average molecular weight is 675 g/mol. The molecule has 0 saturated carbocycles. The first-order valence-corrected chi connectivity index (χ1v) is 14.9. The van der Waals surface area contributed by atoms with Gasteiger partial charge in [-0.15, -0.1) is 12.6 Å². The molecule has 5 atom stereocenters. The van der Waals surface area contributed by atoms with Gasteiger partial charge < -0.3 is 43.4 Å². The van der Waals surface area contributed by atoms with E-state index in [4.69, 9.17) is 16.3 Å². The molecule has 5 unspecified atom stereocenters. The van der Waals surface area contributed by atoms with Crippen molar-refractivity contribution in [3.8, 4) is 0 Å². The second kappa shape index (κ2) is 22.1. The Kier molecular flexibility index (Phi) is 20.0. The van der Waals surface area contributed by atoms with Crippen molar-refractivity contribution in [2.24, 2.45) is 16.5 Å². The maximum atomic E-state index is 12.9. The number of guanidine groups is 1. The Bertz CT molecular complexity index is 1130. The zero-order chi connectivity index (χ0) is 35.4. The third-order valence-corrected chi connectivity index (χ3v) is 5.87. The fourth-order valence-electron chi connectivity index (χ4n) is 3.38. The van der Waals surface area contributed by atoms with Crippen LogP contribution in [-0.4, -0.2) is 102 Å². The van der Waals surface area contributed by atoms with Crippen molar-refractivity contribution in [3.63, 3.8) is 0 Å². The summed E-state index contributed by atoms with van der Waals surface area (Å²) in [5.74, 6) is -5.95. The lowest BCUT2D eigenvalue weighted by Gasteiger charge is -2.23. The van der Waals surface area contributed by atoms with E-state index in [1.807, 2.05) is 5.48 Å². The highest BCUT2D eigenvalue weighted by atomic mass is 32.1. The molecule has 0 aromatic rings. The van der Waals surface area contributed by atoms with E-state index in [0.717, 1.165) is 0 Å². The third kappa shape index (κ3) is 17.7. The summed E-state index contributed by atoms with van der Waals surface area (Å²) in [6.45, 7) is 6.96. The van der Waals surface area contributed by atoms with Crippen LogP contribution >= 0.6 is 12.6 Å². The first-order valence-electron chi connectivity index (χ1n) is 14.5. The molecule has 1 aliphatic rings. The van der Waals surface area contributed by atoms with E-state index in [1.54, 1.807) is 0 Å². The summed E-state index contributed by atoms with van der Waals surface area (Å²) in [6, 6.07) is -6.19. The van der Waals surface area contributed by atoms with Gasteiger partial charge in [-0.05, 0) is 33.6 Å². The van der Waals surface area contributed by atoms with Crippen LogP contribution in [0.15, 0.2) is 4.99 Å². The number of nitrogens with zero attached hydrogens (tertiary/aromatic N) is 1. The molecule has 7 amide bonds. The SMILES string of the molecule is CC1NC(=O)CONC(=O)C(C)NC(=O)C(C)NC(=O)C(CC(=O)S)NC(=O)CNC(=O)C(CCCN=C(N)N)NC1=O.CCC. The number of nitrogens with two attached hydrogens (primary N) is 2. The summed E-state index contributed by atoms with van der Waals surface area (Å²) in [5.41, 5.74) is 12.6. The van der Waals surface area contributed by atoms with Crippen molar-refractivity contribution >= 4 is 65.1 Å². The van der Waals surface area contributed by atoms with Gasteiger partial charge in [0.05, 0.1) is 6.54 Å². The molecule has 0 bridgehead atoms. The van der Waals surface area contributed by atoms with Crippen molar-refractivity contribution in [3.05, 3.63) is 0 Å². The third-order valence-electron chi connectivity index (χ3n) is 5.68. The number of nitrogens with one attached hydrogen (secondary N) is 7. The van der Waals surface area contributed by atoms with Gasteiger partial charge in [-0.25, -0.2) is 5.48 Å². The van der Waals surface area contributed by atoms with Gasteiger partial charge in [0.2, 0.25) is 35.4 Å². The van der Waals surface area contributed by atoms with Gasteiger partial charge in [0, 0.05) is 13.0 Å². The van der Waals surface area contributed by atoms with E-state index >= 15 is 0 Å². The monoisotopic (exact) mass is 674 g/mol. The van der Waals surface area contributed by atoms with Gasteiger partial charge in [0.1, 0.15) is 30.2 Å². The summed E-state index contributed by atoms with van der Waals surface area (Å²) in [5, 5.41) is 13.3. The Balaban J connectivity index is 0.00000647. The highest BCUT2D eigenvalue weighted by Gasteiger charge is 2.29. The lowest BCUT2D eigenvalue weighted by molar-refractivity contribution is -0.143. The molecule has 46 heavy (non-hydrogen) atoms. The standard InChI is InChI=1S/C23H38N10O9S.C3H8/c1-10-19(38)32-13(5-4-6-26-23(24)25)21(40)27-8-15(34)31-14(7-17(36)43)22(41)30-11(2)18(37)29-12(3)20(39)33-42-9-16(35)28-10;1-3-2/h10-14H,4-9H2,1-3H3,(H,27,40)(H,28,35)(H,29,37)(H,30,41)(H,31,34)(H,32,38)(H,33,39)(H,36,43)(H4,24,25,26);3H2,1-2H3. The van der Waals surface area contributed by atoms with Gasteiger partial charge in [-0.2, -0.15) is 0 Å². The van der Waals surface area contributed by atoms with E-state index in [1.165, 1.54) is 27.2 Å². The van der Waals surface area contributed by atoms with Crippen LogP contribution in [-0.2, 0) is 43.2 Å². The quantitative estimate of drug-likeness (QED) is 0.0560. The molecule has 19 nitrogen and oxygen atoms in total. The van der Waals surface area contributed by atoms with E-state index in [0.29, 0.717) is 0 Å². The van der Waals surface area contributed by atoms with Crippen LogP contribution in [0.1, 0.15) is 60.3 Å². The number of carbonyl (C=O) groups is 8. The number of carbonyl (C=O) groups excluding carboxylic acids is 8. The smallest absolute Gasteiger partial charge is 0.265 e. The van der Waals surface area contributed by atoms with Crippen LogP contribution < -0.4 is 48.8 Å². The predicted octanol–water partition coefficient (Wildman–Crippen LogP) is -4.04. The maximum absolute atomic E-state index is 12.9. The number of hydrogen-bond donors (Lipinski definition) is 10.